The molecule has 0 spiro atoms. The van der Waals surface area contributed by atoms with Crippen LogP contribution >= 0.6 is 23.2 Å². The SMILES string of the molecule is OCC1[C@H]2CN(c3cc4nc(Nc5cnn(CC(F)F)c5Cl)ncc4cc3Cl)C[C@@H]12. The lowest BCUT2D eigenvalue weighted by molar-refractivity contribution is 0.122. The van der Waals surface area contributed by atoms with Gasteiger partial charge in [-0.2, -0.15) is 5.10 Å². The molecule has 0 bridgehead atoms. The Hall–Kier alpha value is -2.23. The van der Waals surface area contributed by atoms with Crippen molar-refractivity contribution in [2.45, 2.75) is 13.0 Å². The molecule has 5 rings (SSSR count). The zero-order chi connectivity index (χ0) is 21.0. The van der Waals surface area contributed by atoms with Crippen molar-refractivity contribution in [3.63, 3.8) is 0 Å². The first kappa shape index (κ1) is 19.7. The molecule has 0 amide bonds. The number of benzene rings is 1. The quantitative estimate of drug-likeness (QED) is 0.589. The molecule has 1 aliphatic heterocycles. The molecular formula is C19H18Cl2F2N6O. The Balaban J connectivity index is 1.39. The number of hydrogen-bond acceptors (Lipinski definition) is 6. The zero-order valence-electron chi connectivity index (χ0n) is 15.6. The van der Waals surface area contributed by atoms with E-state index in [1.54, 1.807) is 6.20 Å². The van der Waals surface area contributed by atoms with Gasteiger partial charge in [0.25, 0.3) is 6.43 Å². The monoisotopic (exact) mass is 454 g/mol. The van der Waals surface area contributed by atoms with Gasteiger partial charge >= 0.3 is 0 Å². The highest BCUT2D eigenvalue weighted by Crippen LogP contribution is 2.53. The Bertz CT molecular complexity index is 1100. The van der Waals surface area contributed by atoms with Gasteiger partial charge in [0.15, 0.2) is 5.15 Å². The fourth-order valence-electron chi connectivity index (χ4n) is 4.29. The van der Waals surface area contributed by atoms with E-state index in [-0.39, 0.29) is 17.7 Å². The normalized spacial score (nSPS) is 22.7. The third-order valence-electron chi connectivity index (χ3n) is 5.90. The van der Waals surface area contributed by atoms with Gasteiger partial charge in [-0.15, -0.1) is 0 Å². The van der Waals surface area contributed by atoms with Crippen LogP contribution in [0.3, 0.4) is 0 Å². The number of aromatic nitrogens is 4. The van der Waals surface area contributed by atoms with Gasteiger partial charge in [-0.05, 0) is 29.9 Å². The predicted octanol–water partition coefficient (Wildman–Crippen LogP) is 3.82. The molecule has 1 aliphatic carbocycles. The molecule has 2 aromatic heterocycles. The van der Waals surface area contributed by atoms with Crippen LogP contribution in [0.1, 0.15) is 0 Å². The number of rotatable bonds is 6. The van der Waals surface area contributed by atoms with Gasteiger partial charge in [-0.25, -0.2) is 23.4 Å². The van der Waals surface area contributed by atoms with Crippen LogP contribution in [0.4, 0.5) is 26.1 Å². The van der Waals surface area contributed by atoms with E-state index in [9.17, 15) is 13.9 Å². The van der Waals surface area contributed by atoms with Gasteiger partial charge < -0.3 is 15.3 Å². The van der Waals surface area contributed by atoms with E-state index in [2.05, 4.69) is 25.3 Å². The largest absolute Gasteiger partial charge is 0.396 e. The number of piperidine rings is 1. The van der Waals surface area contributed by atoms with Crippen LogP contribution in [0.2, 0.25) is 10.2 Å². The number of fused-ring (bicyclic) bond motifs is 2. The molecular weight excluding hydrogens is 437 g/mol. The summed E-state index contributed by atoms with van der Waals surface area (Å²) in [6.07, 6.45) is 0.445. The third-order valence-corrected chi connectivity index (χ3v) is 6.61. The van der Waals surface area contributed by atoms with E-state index in [4.69, 9.17) is 23.2 Å². The zero-order valence-corrected chi connectivity index (χ0v) is 17.2. The molecule has 1 aromatic carbocycles. The van der Waals surface area contributed by atoms with Crippen molar-refractivity contribution in [3.8, 4) is 0 Å². The first-order valence-electron chi connectivity index (χ1n) is 9.53. The first-order valence-corrected chi connectivity index (χ1v) is 10.3. The summed E-state index contributed by atoms with van der Waals surface area (Å²) >= 11 is 12.6. The van der Waals surface area contributed by atoms with Crippen molar-refractivity contribution >= 4 is 51.4 Å². The molecule has 7 nitrogen and oxygen atoms in total. The van der Waals surface area contributed by atoms with Crippen molar-refractivity contribution in [1.29, 1.82) is 0 Å². The Morgan fingerprint density at radius 1 is 1.20 bits per heavy atom. The summed E-state index contributed by atoms with van der Waals surface area (Å²) in [6, 6.07) is 3.75. The van der Waals surface area contributed by atoms with Gasteiger partial charge in [0.2, 0.25) is 5.95 Å². The van der Waals surface area contributed by atoms with E-state index in [1.807, 2.05) is 12.1 Å². The second kappa shape index (κ2) is 7.47. The number of anilines is 3. The molecule has 3 heterocycles. The highest BCUT2D eigenvalue weighted by molar-refractivity contribution is 6.34. The lowest BCUT2D eigenvalue weighted by Crippen LogP contribution is -2.25. The minimum Gasteiger partial charge on any atom is -0.396 e. The third kappa shape index (κ3) is 3.44. The smallest absolute Gasteiger partial charge is 0.257 e. The van der Waals surface area contributed by atoms with Gasteiger partial charge in [0.1, 0.15) is 6.54 Å². The van der Waals surface area contributed by atoms with Crippen molar-refractivity contribution in [3.05, 3.63) is 34.7 Å². The fraction of sp³-hybridized carbons (Fsp3) is 0.421. The summed E-state index contributed by atoms with van der Waals surface area (Å²) in [5, 5.41) is 17.6. The van der Waals surface area contributed by atoms with Crippen molar-refractivity contribution in [2.24, 2.45) is 17.8 Å². The van der Waals surface area contributed by atoms with Crippen LogP contribution in [-0.4, -0.2) is 51.0 Å². The van der Waals surface area contributed by atoms with E-state index in [1.165, 1.54) is 6.20 Å². The maximum atomic E-state index is 12.6. The maximum Gasteiger partial charge on any atom is 0.257 e. The highest BCUT2D eigenvalue weighted by atomic mass is 35.5. The molecule has 30 heavy (non-hydrogen) atoms. The summed E-state index contributed by atoms with van der Waals surface area (Å²) in [6.45, 7) is 1.40. The lowest BCUT2D eigenvalue weighted by Gasteiger charge is -2.23. The molecule has 3 aromatic rings. The molecule has 2 aliphatic rings. The average molecular weight is 455 g/mol. The van der Waals surface area contributed by atoms with E-state index in [0.717, 1.165) is 28.8 Å². The average Bonchev–Trinajstić information content (AvgIpc) is 3.00. The Kier molecular flexibility index (Phi) is 4.91. The lowest BCUT2D eigenvalue weighted by atomic mass is 10.2. The first-order chi connectivity index (χ1) is 14.4. The summed E-state index contributed by atoms with van der Waals surface area (Å²) in [5.41, 5.74) is 1.95. The molecule has 3 atom stereocenters. The van der Waals surface area contributed by atoms with Crippen LogP contribution in [0.25, 0.3) is 10.9 Å². The number of nitrogens with zero attached hydrogens (tertiary/aromatic N) is 5. The van der Waals surface area contributed by atoms with Gasteiger partial charge in [0, 0.05) is 31.3 Å². The van der Waals surface area contributed by atoms with Gasteiger partial charge in [-0.1, -0.05) is 23.2 Å². The molecule has 158 valence electrons. The topological polar surface area (TPSA) is 79.1 Å². The Labute approximate surface area is 180 Å². The molecule has 2 N–H and O–H groups in total. The highest BCUT2D eigenvalue weighted by Gasteiger charge is 2.55. The number of nitrogens with one attached hydrogen (secondary N) is 1. The number of aliphatic hydroxyl groups is 1. The van der Waals surface area contributed by atoms with Crippen LogP contribution in [0, 0.1) is 17.8 Å². The van der Waals surface area contributed by atoms with E-state index < -0.39 is 13.0 Å². The summed E-state index contributed by atoms with van der Waals surface area (Å²) < 4.78 is 26.2. The number of aliphatic hydroxyl groups excluding tert-OH is 1. The van der Waals surface area contributed by atoms with E-state index in [0.29, 0.717) is 34.0 Å². The standard InChI is InChI=1S/C19H18Cl2F2N6O/c20-13-1-9-3-24-19(27-15-4-25-29(18(15)21)7-17(22)23)26-14(9)2-16(13)28-5-10-11(6-28)12(10)8-30/h1-4,10-12,17,30H,5-8H2,(H,24,26,27)/t10-,11+,12?. The minimum absolute atomic E-state index is 0.0607. The Morgan fingerprint density at radius 3 is 2.67 bits per heavy atom. The Morgan fingerprint density at radius 2 is 1.97 bits per heavy atom. The predicted molar refractivity (Wildman–Crippen MR) is 111 cm³/mol. The van der Waals surface area contributed by atoms with Crippen LogP contribution in [0.15, 0.2) is 24.5 Å². The molecule has 0 radical (unpaired) electrons. The van der Waals surface area contributed by atoms with Gasteiger partial charge in [-0.3, -0.25) is 0 Å². The molecule has 1 saturated carbocycles. The van der Waals surface area contributed by atoms with Crippen molar-refractivity contribution < 1.29 is 13.9 Å². The number of alkyl halides is 2. The summed E-state index contributed by atoms with van der Waals surface area (Å²) in [7, 11) is 0. The molecule has 1 unspecified atom stereocenters. The van der Waals surface area contributed by atoms with E-state index >= 15 is 0 Å². The molecule has 1 saturated heterocycles. The van der Waals surface area contributed by atoms with Crippen LogP contribution in [0.5, 0.6) is 0 Å². The number of hydrogen-bond donors (Lipinski definition) is 2. The second-order valence-corrected chi connectivity index (χ2v) is 8.45. The summed E-state index contributed by atoms with van der Waals surface area (Å²) in [5.74, 6) is 1.74. The minimum atomic E-state index is -2.56. The summed E-state index contributed by atoms with van der Waals surface area (Å²) in [4.78, 5) is 11.0. The van der Waals surface area contributed by atoms with Crippen molar-refractivity contribution in [1.82, 2.24) is 19.7 Å². The van der Waals surface area contributed by atoms with Crippen LogP contribution < -0.4 is 10.2 Å². The molecule has 2 fully saturated rings. The van der Waals surface area contributed by atoms with Crippen molar-refractivity contribution in [2.75, 3.05) is 29.9 Å². The number of halogens is 4. The maximum absolute atomic E-state index is 12.6. The van der Waals surface area contributed by atoms with Gasteiger partial charge in [0.05, 0.1) is 28.1 Å². The molecule has 11 heteroatoms. The second-order valence-electron chi connectivity index (χ2n) is 7.68. The van der Waals surface area contributed by atoms with Crippen LogP contribution in [-0.2, 0) is 6.54 Å². The fourth-order valence-corrected chi connectivity index (χ4v) is 4.79.